The summed E-state index contributed by atoms with van der Waals surface area (Å²) < 4.78 is 1.65. The van der Waals surface area contributed by atoms with Crippen molar-refractivity contribution in [3.8, 4) is 0 Å². The Morgan fingerprint density at radius 2 is 2.18 bits per heavy atom. The molecule has 1 heterocycles. The molecule has 0 aliphatic rings. The van der Waals surface area contributed by atoms with Gasteiger partial charge >= 0.3 is 0 Å². The average molecular weight is 239 g/mol. The fourth-order valence-corrected chi connectivity index (χ4v) is 1.22. The molecule has 1 amide bonds. The maximum atomic E-state index is 11.5. The minimum atomic E-state index is -0.0418. The molecule has 1 aromatic rings. The van der Waals surface area contributed by atoms with Crippen molar-refractivity contribution in [1.82, 2.24) is 25.4 Å². The van der Waals surface area contributed by atoms with Gasteiger partial charge in [0.15, 0.2) is 5.82 Å². The Bertz CT molecular complexity index is 366. The highest BCUT2D eigenvalue weighted by Gasteiger charge is 2.10. The third-order valence-electron chi connectivity index (χ3n) is 2.10. The maximum Gasteiger partial charge on any atom is 0.233 e. The van der Waals surface area contributed by atoms with E-state index in [1.54, 1.807) is 11.0 Å². The minimum Gasteiger partial charge on any atom is -0.355 e. The Balaban J connectivity index is 2.16. The zero-order valence-electron chi connectivity index (χ0n) is 10.9. The van der Waals surface area contributed by atoms with Crippen molar-refractivity contribution in [1.29, 1.82) is 0 Å². The van der Waals surface area contributed by atoms with Gasteiger partial charge in [-0.05, 0) is 20.8 Å². The monoisotopic (exact) mass is 239 g/mol. The number of nitrogens with one attached hydrogen (secondary N) is 2. The molecular weight excluding hydrogens is 218 g/mol. The van der Waals surface area contributed by atoms with Crippen LogP contribution >= 0.6 is 0 Å². The molecule has 0 aliphatic carbocycles. The van der Waals surface area contributed by atoms with Crippen molar-refractivity contribution in [3.63, 3.8) is 0 Å². The van der Waals surface area contributed by atoms with Gasteiger partial charge in [-0.25, -0.2) is 4.98 Å². The molecule has 0 fully saturated rings. The second-order valence-electron chi connectivity index (χ2n) is 5.04. The van der Waals surface area contributed by atoms with Crippen molar-refractivity contribution < 1.29 is 4.79 Å². The van der Waals surface area contributed by atoms with Gasteiger partial charge in [-0.2, -0.15) is 5.10 Å². The van der Waals surface area contributed by atoms with E-state index in [9.17, 15) is 4.79 Å². The zero-order chi connectivity index (χ0) is 12.9. The molecular formula is C11H21N5O. The topological polar surface area (TPSA) is 71.8 Å². The number of amides is 1. The first-order valence-corrected chi connectivity index (χ1v) is 5.73. The van der Waals surface area contributed by atoms with Gasteiger partial charge in [0.2, 0.25) is 5.91 Å². The molecule has 0 aromatic carbocycles. The van der Waals surface area contributed by atoms with Gasteiger partial charge in [0, 0.05) is 25.6 Å². The predicted molar refractivity (Wildman–Crippen MR) is 65.5 cm³/mol. The number of aromatic nitrogens is 3. The number of carbonyl (C=O) groups is 1. The molecule has 0 spiro atoms. The molecule has 1 rings (SSSR count). The van der Waals surface area contributed by atoms with E-state index in [0.29, 0.717) is 19.5 Å². The Hall–Kier alpha value is -1.43. The smallest absolute Gasteiger partial charge is 0.233 e. The van der Waals surface area contributed by atoms with Crippen LogP contribution in [0.1, 0.15) is 26.6 Å². The minimum absolute atomic E-state index is 0.00384. The number of aryl methyl sites for hydroxylation is 1. The Morgan fingerprint density at radius 3 is 2.71 bits per heavy atom. The van der Waals surface area contributed by atoms with Crippen LogP contribution in [-0.4, -0.2) is 39.3 Å². The van der Waals surface area contributed by atoms with E-state index in [4.69, 9.17) is 0 Å². The van der Waals surface area contributed by atoms with Crippen LogP contribution in [0.2, 0.25) is 0 Å². The van der Waals surface area contributed by atoms with Crippen molar-refractivity contribution in [2.75, 3.05) is 13.1 Å². The standard InChI is InChI=1S/C11H21N5O/c1-11(2,3)14-7-10(17)12-6-5-9-13-8-16(4)15-9/h8,14H,5-7H2,1-4H3,(H,12,17). The summed E-state index contributed by atoms with van der Waals surface area (Å²) in [5.74, 6) is 0.743. The van der Waals surface area contributed by atoms with Crippen LogP contribution in [0.15, 0.2) is 6.33 Å². The van der Waals surface area contributed by atoms with E-state index >= 15 is 0 Å². The van der Waals surface area contributed by atoms with E-state index in [2.05, 4.69) is 20.7 Å². The fraction of sp³-hybridized carbons (Fsp3) is 0.727. The van der Waals surface area contributed by atoms with Crippen molar-refractivity contribution in [2.45, 2.75) is 32.7 Å². The zero-order valence-corrected chi connectivity index (χ0v) is 10.9. The number of nitrogens with zero attached hydrogens (tertiary/aromatic N) is 3. The molecule has 6 heteroatoms. The van der Waals surface area contributed by atoms with E-state index in [1.807, 2.05) is 27.8 Å². The molecule has 0 radical (unpaired) electrons. The molecule has 96 valence electrons. The summed E-state index contributed by atoms with van der Waals surface area (Å²) in [6.45, 7) is 6.97. The van der Waals surface area contributed by atoms with Crippen LogP contribution in [0.3, 0.4) is 0 Å². The van der Waals surface area contributed by atoms with Gasteiger partial charge < -0.3 is 10.6 Å². The Labute approximate surface area is 102 Å². The molecule has 0 unspecified atom stereocenters. The third-order valence-corrected chi connectivity index (χ3v) is 2.10. The molecule has 0 saturated heterocycles. The number of rotatable bonds is 5. The van der Waals surface area contributed by atoms with E-state index in [0.717, 1.165) is 5.82 Å². The summed E-state index contributed by atoms with van der Waals surface area (Å²) in [6, 6.07) is 0. The van der Waals surface area contributed by atoms with Gasteiger partial charge in [0.25, 0.3) is 0 Å². The van der Waals surface area contributed by atoms with Crippen LogP contribution < -0.4 is 10.6 Å². The fourth-order valence-electron chi connectivity index (χ4n) is 1.22. The highest BCUT2D eigenvalue weighted by atomic mass is 16.1. The number of hydrogen-bond donors (Lipinski definition) is 2. The van der Waals surface area contributed by atoms with Crippen LogP contribution in [0.4, 0.5) is 0 Å². The summed E-state index contributed by atoms with van der Waals surface area (Å²) in [7, 11) is 1.82. The van der Waals surface area contributed by atoms with E-state index in [1.165, 1.54) is 0 Å². The lowest BCUT2D eigenvalue weighted by Gasteiger charge is -2.19. The van der Waals surface area contributed by atoms with Crippen LogP contribution in [0, 0.1) is 0 Å². The summed E-state index contributed by atoms with van der Waals surface area (Å²) in [4.78, 5) is 15.5. The molecule has 1 aromatic heterocycles. The summed E-state index contributed by atoms with van der Waals surface area (Å²) in [5.41, 5.74) is -0.0418. The second-order valence-corrected chi connectivity index (χ2v) is 5.04. The first-order valence-electron chi connectivity index (χ1n) is 5.73. The predicted octanol–water partition coefficient (Wildman–Crippen LogP) is -0.138. The Kier molecular flexibility index (Phi) is 4.62. The molecule has 6 nitrogen and oxygen atoms in total. The molecule has 0 aliphatic heterocycles. The summed E-state index contributed by atoms with van der Waals surface area (Å²) in [6.07, 6.45) is 2.31. The molecule has 17 heavy (non-hydrogen) atoms. The maximum absolute atomic E-state index is 11.5. The van der Waals surface area contributed by atoms with E-state index < -0.39 is 0 Å². The van der Waals surface area contributed by atoms with Gasteiger partial charge in [0.05, 0.1) is 6.54 Å². The SMILES string of the molecule is Cn1cnc(CCNC(=O)CNC(C)(C)C)n1. The number of hydrogen-bond acceptors (Lipinski definition) is 4. The highest BCUT2D eigenvalue weighted by molar-refractivity contribution is 5.78. The van der Waals surface area contributed by atoms with Crippen LogP contribution in [0.5, 0.6) is 0 Å². The molecule has 0 atom stereocenters. The van der Waals surface area contributed by atoms with E-state index in [-0.39, 0.29) is 11.4 Å². The highest BCUT2D eigenvalue weighted by Crippen LogP contribution is 1.96. The molecule has 0 bridgehead atoms. The van der Waals surface area contributed by atoms with Crippen molar-refractivity contribution >= 4 is 5.91 Å². The summed E-state index contributed by atoms with van der Waals surface area (Å²) in [5, 5.41) is 10.1. The van der Waals surface area contributed by atoms with Crippen LogP contribution in [0.25, 0.3) is 0 Å². The van der Waals surface area contributed by atoms with Gasteiger partial charge in [-0.15, -0.1) is 0 Å². The van der Waals surface area contributed by atoms with Gasteiger partial charge in [-0.1, -0.05) is 0 Å². The lowest BCUT2D eigenvalue weighted by Crippen LogP contribution is -2.43. The quantitative estimate of drug-likeness (QED) is 0.750. The van der Waals surface area contributed by atoms with Crippen LogP contribution in [-0.2, 0) is 18.3 Å². The Morgan fingerprint density at radius 1 is 1.47 bits per heavy atom. The van der Waals surface area contributed by atoms with Crippen molar-refractivity contribution in [3.05, 3.63) is 12.2 Å². The second kappa shape index (κ2) is 5.77. The first-order chi connectivity index (χ1) is 7.87. The van der Waals surface area contributed by atoms with Crippen molar-refractivity contribution in [2.24, 2.45) is 7.05 Å². The molecule has 2 N–H and O–H groups in total. The normalized spacial score (nSPS) is 11.5. The number of carbonyl (C=O) groups excluding carboxylic acids is 1. The lowest BCUT2D eigenvalue weighted by molar-refractivity contribution is -0.120. The summed E-state index contributed by atoms with van der Waals surface area (Å²) >= 11 is 0. The van der Waals surface area contributed by atoms with Gasteiger partial charge in [-0.3, -0.25) is 9.48 Å². The molecule has 0 saturated carbocycles. The third kappa shape index (κ3) is 6.01. The first kappa shape index (κ1) is 13.6. The lowest BCUT2D eigenvalue weighted by atomic mass is 10.1. The average Bonchev–Trinajstić information content (AvgIpc) is 2.60. The van der Waals surface area contributed by atoms with Gasteiger partial charge in [0.1, 0.15) is 6.33 Å². The largest absolute Gasteiger partial charge is 0.355 e.